The lowest BCUT2D eigenvalue weighted by atomic mass is 9.94. The van der Waals surface area contributed by atoms with Gasteiger partial charge in [-0.2, -0.15) is 13.2 Å². The third-order valence-corrected chi connectivity index (χ3v) is 5.94. The van der Waals surface area contributed by atoms with Crippen molar-refractivity contribution in [3.8, 4) is 11.5 Å². The van der Waals surface area contributed by atoms with E-state index in [1.54, 1.807) is 13.0 Å². The van der Waals surface area contributed by atoms with E-state index in [0.717, 1.165) is 29.2 Å². The van der Waals surface area contributed by atoms with Crippen molar-refractivity contribution in [1.29, 1.82) is 0 Å². The Bertz CT molecular complexity index is 1370. The molecule has 1 fully saturated rings. The van der Waals surface area contributed by atoms with Crippen LogP contribution in [0.3, 0.4) is 0 Å². The van der Waals surface area contributed by atoms with Gasteiger partial charge in [-0.05, 0) is 67.1 Å². The Morgan fingerprint density at radius 2 is 1.75 bits per heavy atom. The van der Waals surface area contributed by atoms with Gasteiger partial charge in [-0.1, -0.05) is 23.7 Å². The quantitative estimate of drug-likeness (QED) is 0.243. The van der Waals surface area contributed by atoms with Gasteiger partial charge in [0.25, 0.3) is 11.7 Å². The fraction of sp³-hybridized carbons (Fsp3) is 0.154. The molecule has 1 saturated heterocycles. The molecule has 1 amide bonds. The molecule has 0 aliphatic carbocycles. The second-order valence-electron chi connectivity index (χ2n) is 7.88. The maximum atomic E-state index is 13.2. The molecule has 0 aromatic heterocycles. The zero-order valence-corrected chi connectivity index (χ0v) is 19.5. The first-order valence-electron chi connectivity index (χ1n) is 10.7. The highest BCUT2D eigenvalue weighted by atomic mass is 35.5. The number of amides is 1. The first kappa shape index (κ1) is 25.1. The van der Waals surface area contributed by atoms with E-state index < -0.39 is 35.2 Å². The third kappa shape index (κ3) is 4.61. The molecule has 0 spiro atoms. The first-order chi connectivity index (χ1) is 17.0. The minimum Gasteiger partial charge on any atom is -0.508 e. The molecule has 0 saturated carbocycles. The number of hydrogen-bond acceptors (Lipinski definition) is 5. The molecule has 4 rings (SSSR count). The zero-order chi connectivity index (χ0) is 26.2. The molecule has 1 unspecified atom stereocenters. The van der Waals surface area contributed by atoms with Crippen molar-refractivity contribution in [3.63, 3.8) is 0 Å². The summed E-state index contributed by atoms with van der Waals surface area (Å²) in [6.45, 7) is 2.08. The summed E-state index contributed by atoms with van der Waals surface area (Å²) in [5.74, 6) is -2.56. The van der Waals surface area contributed by atoms with Gasteiger partial charge in [0.2, 0.25) is 0 Å². The molecule has 3 aromatic carbocycles. The fourth-order valence-corrected chi connectivity index (χ4v) is 4.21. The molecule has 36 heavy (non-hydrogen) atoms. The second-order valence-corrected chi connectivity index (χ2v) is 8.29. The summed E-state index contributed by atoms with van der Waals surface area (Å²) in [4.78, 5) is 27.3. The number of ether oxygens (including phenoxy) is 1. The maximum absolute atomic E-state index is 13.2. The highest BCUT2D eigenvalue weighted by Gasteiger charge is 2.47. The van der Waals surface area contributed by atoms with E-state index in [-0.39, 0.29) is 33.2 Å². The Morgan fingerprint density at radius 1 is 1.06 bits per heavy atom. The van der Waals surface area contributed by atoms with Crippen LogP contribution in [0.5, 0.6) is 11.5 Å². The van der Waals surface area contributed by atoms with E-state index in [2.05, 4.69) is 0 Å². The number of Topliss-reactive ketones (excluding diaryl/α,β-unsaturated/α-hetero) is 1. The smallest absolute Gasteiger partial charge is 0.416 e. The summed E-state index contributed by atoms with van der Waals surface area (Å²) in [7, 11) is 0. The standard InChI is InChI=1S/C26H19ClF3NO5/c1-2-36-18-10-11-20(27)19(13-18)23(33)21-22(14-4-3-5-17(32)12-14)31(25(35)24(21)34)16-8-6-15(7-9-16)26(28,29)30/h3-13,22,32-33H,2H2,1H3/b23-21+. The normalized spacial score (nSPS) is 17.5. The SMILES string of the molecule is CCOc1ccc(Cl)c(/C(O)=C2\C(=O)C(=O)N(c3ccc(C(F)(F)F)cc3)C2c2cccc(O)c2)c1. The number of rotatable bonds is 5. The van der Waals surface area contributed by atoms with Crippen LogP contribution < -0.4 is 9.64 Å². The van der Waals surface area contributed by atoms with E-state index in [9.17, 15) is 33.0 Å². The summed E-state index contributed by atoms with van der Waals surface area (Å²) in [5.41, 5.74) is -1.02. The Hall–Kier alpha value is -3.98. The summed E-state index contributed by atoms with van der Waals surface area (Å²) < 4.78 is 44.7. The first-order valence-corrected chi connectivity index (χ1v) is 11.1. The number of hydrogen-bond donors (Lipinski definition) is 2. The average Bonchev–Trinajstić information content (AvgIpc) is 3.10. The van der Waals surface area contributed by atoms with Crippen molar-refractivity contribution in [2.45, 2.75) is 19.1 Å². The van der Waals surface area contributed by atoms with Gasteiger partial charge in [0.1, 0.15) is 17.3 Å². The number of ketones is 1. The van der Waals surface area contributed by atoms with Crippen LogP contribution in [0.2, 0.25) is 5.02 Å². The van der Waals surface area contributed by atoms with Crippen molar-refractivity contribution in [2.24, 2.45) is 0 Å². The number of alkyl halides is 3. The molecule has 0 bridgehead atoms. The monoisotopic (exact) mass is 517 g/mol. The van der Waals surface area contributed by atoms with Gasteiger partial charge < -0.3 is 14.9 Å². The Balaban J connectivity index is 1.93. The van der Waals surface area contributed by atoms with Crippen LogP contribution in [0.1, 0.15) is 29.7 Å². The molecule has 1 atom stereocenters. The molecular weight excluding hydrogens is 499 g/mol. The molecule has 1 aliphatic rings. The number of halogens is 4. The van der Waals surface area contributed by atoms with Gasteiger partial charge in [-0.15, -0.1) is 0 Å². The summed E-state index contributed by atoms with van der Waals surface area (Å²) in [5, 5.41) is 21.3. The molecular formula is C26H19ClF3NO5. The number of aliphatic hydroxyl groups is 1. The van der Waals surface area contributed by atoms with Crippen molar-refractivity contribution in [2.75, 3.05) is 11.5 Å². The maximum Gasteiger partial charge on any atom is 0.416 e. The van der Waals surface area contributed by atoms with Crippen LogP contribution in [0, 0.1) is 0 Å². The van der Waals surface area contributed by atoms with E-state index >= 15 is 0 Å². The van der Waals surface area contributed by atoms with Gasteiger partial charge in [0, 0.05) is 11.3 Å². The van der Waals surface area contributed by atoms with Crippen LogP contribution in [-0.2, 0) is 15.8 Å². The summed E-state index contributed by atoms with van der Waals surface area (Å²) >= 11 is 6.28. The van der Waals surface area contributed by atoms with E-state index in [0.29, 0.717) is 12.4 Å². The predicted octanol–water partition coefficient (Wildman–Crippen LogP) is 6.09. The lowest BCUT2D eigenvalue weighted by molar-refractivity contribution is -0.137. The molecule has 186 valence electrons. The van der Waals surface area contributed by atoms with Gasteiger partial charge in [-0.3, -0.25) is 14.5 Å². The summed E-state index contributed by atoms with van der Waals surface area (Å²) in [6.07, 6.45) is -4.60. The largest absolute Gasteiger partial charge is 0.508 e. The van der Waals surface area contributed by atoms with E-state index in [1.807, 2.05) is 0 Å². The van der Waals surface area contributed by atoms with Gasteiger partial charge in [0.05, 0.1) is 28.8 Å². The third-order valence-electron chi connectivity index (χ3n) is 5.61. The number of benzene rings is 3. The topological polar surface area (TPSA) is 87.1 Å². The van der Waals surface area contributed by atoms with E-state index in [4.69, 9.17) is 16.3 Å². The number of anilines is 1. The second kappa shape index (κ2) is 9.58. The minimum absolute atomic E-state index is 0.00773. The molecule has 2 N–H and O–H groups in total. The number of aromatic hydroxyl groups is 1. The fourth-order valence-electron chi connectivity index (χ4n) is 4.01. The summed E-state index contributed by atoms with van der Waals surface area (Å²) in [6, 6.07) is 12.5. The van der Waals surface area contributed by atoms with Crippen LogP contribution in [-0.4, -0.2) is 28.5 Å². The number of carbonyl (C=O) groups excluding carboxylic acids is 2. The molecule has 6 nitrogen and oxygen atoms in total. The van der Waals surface area contributed by atoms with E-state index in [1.165, 1.54) is 36.4 Å². The Morgan fingerprint density at radius 3 is 2.36 bits per heavy atom. The average molecular weight is 518 g/mol. The highest BCUT2D eigenvalue weighted by molar-refractivity contribution is 6.52. The number of carbonyl (C=O) groups is 2. The van der Waals surface area contributed by atoms with Crippen LogP contribution in [0.25, 0.3) is 5.76 Å². The van der Waals surface area contributed by atoms with Crippen LogP contribution in [0.4, 0.5) is 18.9 Å². The lowest BCUT2D eigenvalue weighted by Crippen LogP contribution is -2.29. The Kier molecular flexibility index (Phi) is 6.69. The van der Waals surface area contributed by atoms with Gasteiger partial charge >= 0.3 is 6.18 Å². The van der Waals surface area contributed by atoms with Crippen molar-refractivity contribution in [1.82, 2.24) is 0 Å². The highest BCUT2D eigenvalue weighted by Crippen LogP contribution is 2.44. The molecule has 3 aromatic rings. The molecule has 1 heterocycles. The predicted molar refractivity (Wildman–Crippen MR) is 127 cm³/mol. The molecule has 10 heteroatoms. The zero-order valence-electron chi connectivity index (χ0n) is 18.7. The molecule has 0 radical (unpaired) electrons. The van der Waals surface area contributed by atoms with Crippen LogP contribution in [0.15, 0.2) is 72.3 Å². The van der Waals surface area contributed by atoms with Crippen molar-refractivity contribution in [3.05, 3.63) is 94.0 Å². The number of phenolic OH excluding ortho intramolecular Hbond substituents is 1. The van der Waals surface area contributed by atoms with Crippen molar-refractivity contribution >= 4 is 34.7 Å². The number of phenols is 1. The Labute approximate surface area is 208 Å². The molecule has 1 aliphatic heterocycles. The lowest BCUT2D eigenvalue weighted by Gasteiger charge is -2.26. The number of nitrogens with zero attached hydrogens (tertiary/aromatic N) is 1. The van der Waals surface area contributed by atoms with Crippen LogP contribution >= 0.6 is 11.6 Å². The van der Waals surface area contributed by atoms with Gasteiger partial charge in [0.15, 0.2) is 0 Å². The minimum atomic E-state index is -4.60. The van der Waals surface area contributed by atoms with Gasteiger partial charge in [-0.25, -0.2) is 0 Å². The number of aliphatic hydroxyl groups excluding tert-OH is 1. The van der Waals surface area contributed by atoms with Crippen molar-refractivity contribution < 1.29 is 37.7 Å².